The quantitative estimate of drug-likeness (QED) is 0.853. The molecule has 2 heterocycles. The second kappa shape index (κ2) is 8.63. The number of hydrogen-bond donors (Lipinski definition) is 1. The smallest absolute Gasteiger partial charge is 0.225 e. The summed E-state index contributed by atoms with van der Waals surface area (Å²) in [5.41, 5.74) is 0.796. The predicted octanol–water partition coefficient (Wildman–Crippen LogP) is 2.92. The van der Waals surface area contributed by atoms with Crippen molar-refractivity contribution in [1.82, 2.24) is 10.2 Å². The highest BCUT2D eigenvalue weighted by Gasteiger charge is 2.32. The number of nitrogens with zero attached hydrogens (tertiary/aromatic N) is 1. The molecule has 2 atom stereocenters. The zero-order valence-electron chi connectivity index (χ0n) is 14.2. The lowest BCUT2D eigenvalue weighted by Gasteiger charge is -2.36. The number of piperidine rings is 2. The van der Waals surface area contributed by atoms with Crippen LogP contribution in [0.25, 0.3) is 0 Å². The molecule has 4 nitrogen and oxygen atoms in total. The Labute approximate surface area is 150 Å². The van der Waals surface area contributed by atoms with E-state index in [2.05, 4.69) is 12.2 Å². The molecule has 2 saturated heterocycles. The van der Waals surface area contributed by atoms with E-state index in [1.54, 1.807) is 0 Å². The van der Waals surface area contributed by atoms with Crippen molar-refractivity contribution >= 4 is 24.1 Å². The monoisotopic (exact) mass is 350 g/mol. The number of amides is 1. The fourth-order valence-electron chi connectivity index (χ4n) is 3.81. The molecule has 1 aromatic rings. The van der Waals surface area contributed by atoms with Gasteiger partial charge in [-0.15, -0.1) is 12.4 Å². The standard InChI is InChI=1S/C19H26N2O2.ClH/c1-14-13-17(7-10-20-14)19(23)21-11-8-16(9-12-21)18(22)15-5-3-2-4-6-15;/h2-6,14,16-17,20H,7-13H2,1H3;1H/t14-,17-;/m0./s1. The van der Waals surface area contributed by atoms with E-state index in [9.17, 15) is 9.59 Å². The van der Waals surface area contributed by atoms with Crippen LogP contribution in [0, 0.1) is 11.8 Å². The van der Waals surface area contributed by atoms with Crippen LogP contribution in [0.2, 0.25) is 0 Å². The van der Waals surface area contributed by atoms with Gasteiger partial charge in [-0.1, -0.05) is 30.3 Å². The first kappa shape index (κ1) is 18.9. The SMILES string of the molecule is C[C@H]1C[C@@H](C(=O)N2CCC(C(=O)c3ccccc3)CC2)CCN1.Cl. The van der Waals surface area contributed by atoms with Crippen LogP contribution in [-0.4, -0.2) is 42.3 Å². The lowest BCUT2D eigenvalue weighted by molar-refractivity contribution is -0.138. The van der Waals surface area contributed by atoms with Crippen molar-refractivity contribution < 1.29 is 9.59 Å². The van der Waals surface area contributed by atoms with Crippen LogP contribution in [0.15, 0.2) is 30.3 Å². The molecule has 24 heavy (non-hydrogen) atoms. The van der Waals surface area contributed by atoms with Gasteiger partial charge in [0.05, 0.1) is 0 Å². The number of rotatable bonds is 3. The molecule has 2 aliphatic heterocycles. The highest BCUT2D eigenvalue weighted by atomic mass is 35.5. The van der Waals surface area contributed by atoms with Crippen LogP contribution in [0.4, 0.5) is 0 Å². The van der Waals surface area contributed by atoms with Crippen LogP contribution < -0.4 is 5.32 Å². The molecule has 0 unspecified atom stereocenters. The van der Waals surface area contributed by atoms with Crippen molar-refractivity contribution in [3.63, 3.8) is 0 Å². The Hall–Kier alpha value is -1.39. The molecule has 0 saturated carbocycles. The molecule has 2 fully saturated rings. The summed E-state index contributed by atoms with van der Waals surface area (Å²) in [6, 6.07) is 9.94. The number of carbonyl (C=O) groups is 2. The van der Waals surface area contributed by atoms with Gasteiger partial charge in [-0.2, -0.15) is 0 Å². The van der Waals surface area contributed by atoms with Crippen molar-refractivity contribution in [3.05, 3.63) is 35.9 Å². The molecule has 132 valence electrons. The van der Waals surface area contributed by atoms with E-state index in [-0.39, 0.29) is 30.0 Å². The number of nitrogens with one attached hydrogen (secondary N) is 1. The van der Waals surface area contributed by atoms with Crippen LogP contribution in [0.3, 0.4) is 0 Å². The number of hydrogen-bond acceptors (Lipinski definition) is 3. The largest absolute Gasteiger partial charge is 0.342 e. The van der Waals surface area contributed by atoms with Crippen molar-refractivity contribution in [2.45, 2.75) is 38.6 Å². The minimum atomic E-state index is 0. The average molecular weight is 351 g/mol. The summed E-state index contributed by atoms with van der Waals surface area (Å²) in [6.07, 6.45) is 3.45. The lowest BCUT2D eigenvalue weighted by atomic mass is 9.87. The van der Waals surface area contributed by atoms with Gasteiger partial charge in [-0.25, -0.2) is 0 Å². The summed E-state index contributed by atoms with van der Waals surface area (Å²) in [6.45, 7) is 4.52. The molecule has 3 rings (SSSR count). The second-order valence-electron chi connectivity index (χ2n) is 6.91. The van der Waals surface area contributed by atoms with E-state index in [0.717, 1.165) is 50.9 Å². The van der Waals surface area contributed by atoms with Crippen LogP contribution in [-0.2, 0) is 4.79 Å². The van der Waals surface area contributed by atoms with Crippen molar-refractivity contribution in [2.75, 3.05) is 19.6 Å². The molecule has 0 aliphatic carbocycles. The zero-order valence-corrected chi connectivity index (χ0v) is 15.1. The first-order valence-corrected chi connectivity index (χ1v) is 8.76. The number of benzene rings is 1. The van der Waals surface area contributed by atoms with E-state index in [0.29, 0.717) is 11.9 Å². The molecule has 0 spiro atoms. The van der Waals surface area contributed by atoms with Gasteiger partial charge < -0.3 is 10.2 Å². The van der Waals surface area contributed by atoms with E-state index < -0.39 is 0 Å². The Kier molecular flexibility index (Phi) is 6.81. The van der Waals surface area contributed by atoms with Gasteiger partial charge >= 0.3 is 0 Å². The molecule has 0 radical (unpaired) electrons. The summed E-state index contributed by atoms with van der Waals surface area (Å²) in [5.74, 6) is 0.748. The topological polar surface area (TPSA) is 49.4 Å². The molecule has 5 heteroatoms. The number of halogens is 1. The van der Waals surface area contributed by atoms with Gasteiger partial charge in [0, 0.05) is 36.5 Å². The van der Waals surface area contributed by atoms with Crippen molar-refractivity contribution in [2.24, 2.45) is 11.8 Å². The minimum absolute atomic E-state index is 0. The molecule has 0 aromatic heterocycles. The van der Waals surface area contributed by atoms with Crippen molar-refractivity contribution in [1.29, 1.82) is 0 Å². The molecule has 1 amide bonds. The second-order valence-corrected chi connectivity index (χ2v) is 6.91. The third-order valence-electron chi connectivity index (χ3n) is 5.21. The normalized spacial score (nSPS) is 25.0. The van der Waals surface area contributed by atoms with E-state index in [4.69, 9.17) is 0 Å². The molecular formula is C19H27ClN2O2. The van der Waals surface area contributed by atoms with Gasteiger partial charge in [0.2, 0.25) is 5.91 Å². The third-order valence-corrected chi connectivity index (χ3v) is 5.21. The summed E-state index contributed by atoms with van der Waals surface area (Å²) < 4.78 is 0. The maximum atomic E-state index is 12.7. The lowest BCUT2D eigenvalue weighted by Crippen LogP contribution is -2.47. The van der Waals surface area contributed by atoms with Gasteiger partial charge in [0.25, 0.3) is 0 Å². The third kappa shape index (κ3) is 4.37. The maximum Gasteiger partial charge on any atom is 0.225 e. The molecule has 1 aromatic carbocycles. The van der Waals surface area contributed by atoms with Crippen LogP contribution >= 0.6 is 12.4 Å². The highest BCUT2D eigenvalue weighted by Crippen LogP contribution is 2.25. The summed E-state index contributed by atoms with van der Waals surface area (Å²) >= 11 is 0. The van der Waals surface area contributed by atoms with Crippen LogP contribution in [0.5, 0.6) is 0 Å². The summed E-state index contributed by atoms with van der Waals surface area (Å²) in [5, 5.41) is 3.39. The summed E-state index contributed by atoms with van der Waals surface area (Å²) in [4.78, 5) is 27.2. The first-order chi connectivity index (χ1) is 11.1. The Morgan fingerprint density at radius 2 is 1.71 bits per heavy atom. The van der Waals surface area contributed by atoms with Crippen LogP contribution in [0.1, 0.15) is 43.0 Å². The van der Waals surface area contributed by atoms with Gasteiger partial charge in [-0.05, 0) is 39.2 Å². The molecule has 0 bridgehead atoms. The van der Waals surface area contributed by atoms with Gasteiger partial charge in [-0.3, -0.25) is 9.59 Å². The molecular weight excluding hydrogens is 324 g/mol. The summed E-state index contributed by atoms with van der Waals surface area (Å²) in [7, 11) is 0. The molecule has 2 aliphatic rings. The predicted molar refractivity (Wildman–Crippen MR) is 97.5 cm³/mol. The maximum absolute atomic E-state index is 12.7. The number of likely N-dealkylation sites (tertiary alicyclic amines) is 1. The van der Waals surface area contributed by atoms with Gasteiger partial charge in [0.15, 0.2) is 5.78 Å². The number of carbonyl (C=O) groups excluding carboxylic acids is 2. The first-order valence-electron chi connectivity index (χ1n) is 8.76. The Morgan fingerprint density at radius 1 is 1.04 bits per heavy atom. The van der Waals surface area contributed by atoms with Crippen molar-refractivity contribution in [3.8, 4) is 0 Å². The van der Waals surface area contributed by atoms with E-state index >= 15 is 0 Å². The zero-order chi connectivity index (χ0) is 16.2. The Bertz CT molecular complexity index is 556. The fourth-order valence-corrected chi connectivity index (χ4v) is 3.81. The Balaban J connectivity index is 0.00000208. The highest BCUT2D eigenvalue weighted by molar-refractivity contribution is 5.98. The van der Waals surface area contributed by atoms with Gasteiger partial charge in [0.1, 0.15) is 0 Å². The number of Topliss-reactive ketones (excluding diaryl/α,β-unsaturated/α-hetero) is 1. The minimum Gasteiger partial charge on any atom is -0.342 e. The average Bonchev–Trinajstić information content (AvgIpc) is 2.61. The Morgan fingerprint density at radius 3 is 2.33 bits per heavy atom. The number of ketones is 1. The van der Waals surface area contributed by atoms with E-state index in [1.165, 1.54) is 0 Å². The molecule has 1 N–H and O–H groups in total. The van der Waals surface area contributed by atoms with E-state index in [1.807, 2.05) is 35.2 Å². The fraction of sp³-hybridized carbons (Fsp3) is 0.579.